The number of ether oxygens (including phenoxy) is 2. The molecule has 18 heavy (non-hydrogen) atoms. The molecular weight excluding hydrogens is 234 g/mol. The van der Waals surface area contributed by atoms with Gasteiger partial charge in [0.25, 0.3) is 5.91 Å². The number of ketones is 1. The van der Waals surface area contributed by atoms with Crippen LogP contribution in [-0.2, 0) is 16.1 Å². The molecule has 0 atom stereocenters. The minimum Gasteiger partial charge on any atom is -0.496 e. The molecule has 98 valence electrons. The number of hydrogen-bond donors (Lipinski definition) is 1. The highest BCUT2D eigenvalue weighted by atomic mass is 16.5. The molecule has 0 bridgehead atoms. The lowest BCUT2D eigenvalue weighted by molar-refractivity contribution is -0.136. The Morgan fingerprint density at radius 3 is 2.28 bits per heavy atom. The standard InChI is InChI=1S/C13H17NO4/c1-8-5-12(18-4)10(6-11(8)17-3)7-14-13(16)9(2)15/h5-6H,7H2,1-4H3,(H,14,16). The summed E-state index contributed by atoms with van der Waals surface area (Å²) in [5.41, 5.74) is 1.70. The Morgan fingerprint density at radius 2 is 1.78 bits per heavy atom. The summed E-state index contributed by atoms with van der Waals surface area (Å²) in [6.07, 6.45) is 0. The van der Waals surface area contributed by atoms with Gasteiger partial charge in [0.2, 0.25) is 5.78 Å². The molecule has 1 rings (SSSR count). The number of amides is 1. The third-order valence-corrected chi connectivity index (χ3v) is 2.56. The largest absolute Gasteiger partial charge is 0.496 e. The van der Waals surface area contributed by atoms with Crippen molar-refractivity contribution in [2.75, 3.05) is 14.2 Å². The number of benzene rings is 1. The molecule has 0 unspecified atom stereocenters. The lowest BCUT2D eigenvalue weighted by Crippen LogP contribution is -2.28. The quantitative estimate of drug-likeness (QED) is 0.799. The van der Waals surface area contributed by atoms with E-state index in [1.807, 2.05) is 13.0 Å². The number of nitrogens with one attached hydrogen (secondary N) is 1. The number of carbonyl (C=O) groups is 2. The van der Waals surface area contributed by atoms with Gasteiger partial charge in [-0.3, -0.25) is 9.59 Å². The van der Waals surface area contributed by atoms with E-state index in [4.69, 9.17) is 9.47 Å². The van der Waals surface area contributed by atoms with Gasteiger partial charge < -0.3 is 14.8 Å². The van der Waals surface area contributed by atoms with Crippen LogP contribution in [0.3, 0.4) is 0 Å². The number of hydrogen-bond acceptors (Lipinski definition) is 4. The van der Waals surface area contributed by atoms with E-state index in [0.29, 0.717) is 11.5 Å². The van der Waals surface area contributed by atoms with Gasteiger partial charge in [-0.25, -0.2) is 0 Å². The Kier molecular flexibility index (Phi) is 4.71. The van der Waals surface area contributed by atoms with E-state index in [9.17, 15) is 9.59 Å². The fraction of sp³-hybridized carbons (Fsp3) is 0.385. The molecule has 0 aliphatic carbocycles. The van der Waals surface area contributed by atoms with Gasteiger partial charge in [-0.15, -0.1) is 0 Å². The van der Waals surface area contributed by atoms with Crippen LogP contribution in [0.4, 0.5) is 0 Å². The highest BCUT2D eigenvalue weighted by Gasteiger charge is 2.11. The van der Waals surface area contributed by atoms with Gasteiger partial charge in [-0.2, -0.15) is 0 Å². The van der Waals surface area contributed by atoms with Crippen molar-refractivity contribution in [3.63, 3.8) is 0 Å². The summed E-state index contributed by atoms with van der Waals surface area (Å²) in [6, 6.07) is 3.61. The normalized spacial score (nSPS) is 9.78. The molecule has 5 nitrogen and oxygen atoms in total. The predicted octanol–water partition coefficient (Wildman–Crippen LogP) is 1.22. The van der Waals surface area contributed by atoms with Crippen LogP contribution in [0, 0.1) is 6.92 Å². The van der Waals surface area contributed by atoms with Crippen LogP contribution in [0.5, 0.6) is 11.5 Å². The van der Waals surface area contributed by atoms with E-state index >= 15 is 0 Å². The van der Waals surface area contributed by atoms with Crippen molar-refractivity contribution in [3.8, 4) is 11.5 Å². The molecule has 1 amide bonds. The molecule has 1 aromatic carbocycles. The zero-order valence-electron chi connectivity index (χ0n) is 11.0. The van der Waals surface area contributed by atoms with Crippen LogP contribution in [0.2, 0.25) is 0 Å². The average molecular weight is 251 g/mol. The van der Waals surface area contributed by atoms with Crippen molar-refractivity contribution in [2.45, 2.75) is 20.4 Å². The summed E-state index contributed by atoms with van der Waals surface area (Å²) in [7, 11) is 3.13. The minimum absolute atomic E-state index is 0.220. The smallest absolute Gasteiger partial charge is 0.287 e. The van der Waals surface area contributed by atoms with Crippen LogP contribution in [-0.4, -0.2) is 25.9 Å². The molecule has 0 saturated heterocycles. The third kappa shape index (κ3) is 3.23. The molecule has 1 N–H and O–H groups in total. The maximum Gasteiger partial charge on any atom is 0.287 e. The first kappa shape index (κ1) is 14.0. The highest BCUT2D eigenvalue weighted by Crippen LogP contribution is 2.28. The Labute approximate surface area is 106 Å². The van der Waals surface area contributed by atoms with Crippen LogP contribution < -0.4 is 14.8 Å². The van der Waals surface area contributed by atoms with Gasteiger partial charge in [-0.1, -0.05) is 0 Å². The van der Waals surface area contributed by atoms with Gasteiger partial charge in [0.15, 0.2) is 0 Å². The van der Waals surface area contributed by atoms with Crippen LogP contribution in [0.15, 0.2) is 12.1 Å². The van der Waals surface area contributed by atoms with Crippen molar-refractivity contribution >= 4 is 11.7 Å². The number of methoxy groups -OCH3 is 2. The molecule has 0 fully saturated rings. The predicted molar refractivity (Wildman–Crippen MR) is 66.8 cm³/mol. The Hall–Kier alpha value is -2.04. The van der Waals surface area contributed by atoms with Gasteiger partial charge in [0.05, 0.1) is 14.2 Å². The van der Waals surface area contributed by atoms with Crippen molar-refractivity contribution in [1.82, 2.24) is 5.32 Å². The molecule has 5 heteroatoms. The van der Waals surface area contributed by atoms with Crippen LogP contribution in [0.25, 0.3) is 0 Å². The Balaban J connectivity index is 2.93. The van der Waals surface area contributed by atoms with Gasteiger partial charge in [0.1, 0.15) is 11.5 Å². The van der Waals surface area contributed by atoms with Crippen molar-refractivity contribution in [3.05, 3.63) is 23.3 Å². The average Bonchev–Trinajstić information content (AvgIpc) is 2.36. The second kappa shape index (κ2) is 6.05. The second-order valence-electron chi connectivity index (χ2n) is 3.87. The maximum atomic E-state index is 11.2. The number of Topliss-reactive ketones (excluding diaryl/α,β-unsaturated/α-hetero) is 1. The van der Waals surface area contributed by atoms with Crippen LogP contribution in [0.1, 0.15) is 18.1 Å². The molecular formula is C13H17NO4. The monoisotopic (exact) mass is 251 g/mol. The lowest BCUT2D eigenvalue weighted by atomic mass is 10.1. The van der Waals surface area contributed by atoms with Gasteiger partial charge >= 0.3 is 0 Å². The number of rotatable bonds is 5. The van der Waals surface area contributed by atoms with E-state index in [2.05, 4.69) is 5.32 Å². The first-order valence-corrected chi connectivity index (χ1v) is 5.49. The zero-order valence-corrected chi connectivity index (χ0v) is 11.0. The van der Waals surface area contributed by atoms with E-state index in [0.717, 1.165) is 11.1 Å². The van der Waals surface area contributed by atoms with Gasteiger partial charge in [-0.05, 0) is 24.6 Å². The topological polar surface area (TPSA) is 64.6 Å². The molecule has 0 radical (unpaired) electrons. The number of aryl methyl sites for hydroxylation is 1. The summed E-state index contributed by atoms with van der Waals surface area (Å²) in [6.45, 7) is 3.35. The maximum absolute atomic E-state index is 11.2. The van der Waals surface area contributed by atoms with E-state index in [1.54, 1.807) is 20.3 Å². The van der Waals surface area contributed by atoms with E-state index in [1.165, 1.54) is 6.92 Å². The zero-order chi connectivity index (χ0) is 13.7. The SMILES string of the molecule is COc1cc(CNC(=O)C(C)=O)c(OC)cc1C. The number of carbonyl (C=O) groups excluding carboxylic acids is 2. The van der Waals surface area contributed by atoms with Crippen LogP contribution >= 0.6 is 0 Å². The lowest BCUT2D eigenvalue weighted by Gasteiger charge is -2.13. The fourth-order valence-electron chi connectivity index (χ4n) is 1.55. The first-order chi connectivity index (χ1) is 8.49. The molecule has 0 aromatic heterocycles. The van der Waals surface area contributed by atoms with E-state index in [-0.39, 0.29) is 6.54 Å². The van der Waals surface area contributed by atoms with Crippen molar-refractivity contribution < 1.29 is 19.1 Å². The fourth-order valence-corrected chi connectivity index (χ4v) is 1.55. The summed E-state index contributed by atoms with van der Waals surface area (Å²) in [5, 5.41) is 2.52. The molecule has 0 aliphatic heterocycles. The highest BCUT2D eigenvalue weighted by molar-refractivity contribution is 6.35. The second-order valence-corrected chi connectivity index (χ2v) is 3.87. The minimum atomic E-state index is -0.614. The molecule has 0 heterocycles. The third-order valence-electron chi connectivity index (χ3n) is 2.56. The molecule has 1 aromatic rings. The van der Waals surface area contributed by atoms with Crippen molar-refractivity contribution in [2.24, 2.45) is 0 Å². The van der Waals surface area contributed by atoms with E-state index < -0.39 is 11.7 Å². The summed E-state index contributed by atoms with van der Waals surface area (Å²) in [5.74, 6) is 0.227. The first-order valence-electron chi connectivity index (χ1n) is 5.49. The molecule has 0 aliphatic rings. The Morgan fingerprint density at radius 1 is 1.17 bits per heavy atom. The summed E-state index contributed by atoms with van der Waals surface area (Å²) < 4.78 is 10.4. The van der Waals surface area contributed by atoms with Crippen molar-refractivity contribution in [1.29, 1.82) is 0 Å². The van der Waals surface area contributed by atoms with Gasteiger partial charge in [0, 0.05) is 19.0 Å². The Bertz CT molecular complexity index is 468. The molecule has 0 spiro atoms. The summed E-state index contributed by atoms with van der Waals surface area (Å²) in [4.78, 5) is 22.0. The molecule has 0 saturated carbocycles. The summed E-state index contributed by atoms with van der Waals surface area (Å²) >= 11 is 0.